The van der Waals surface area contributed by atoms with Gasteiger partial charge in [-0.2, -0.15) is 16.9 Å². The Morgan fingerprint density at radius 2 is 2.04 bits per heavy atom. The number of fused-ring (bicyclic) bond motifs is 1. The van der Waals surface area contributed by atoms with E-state index in [4.69, 9.17) is 0 Å². The van der Waals surface area contributed by atoms with Gasteiger partial charge in [-0.1, -0.05) is 25.7 Å². The topological polar surface area (TPSA) is 81.1 Å². The number of hydrogen-bond acceptors (Lipinski definition) is 5. The van der Waals surface area contributed by atoms with Crippen molar-refractivity contribution < 1.29 is 13.2 Å². The fourth-order valence-electron chi connectivity index (χ4n) is 4.23. The van der Waals surface area contributed by atoms with Crippen LogP contribution in [0.5, 0.6) is 0 Å². The van der Waals surface area contributed by atoms with E-state index >= 15 is 0 Å². The molecule has 25 heavy (non-hydrogen) atoms. The minimum absolute atomic E-state index is 0.0357. The molecule has 0 spiro atoms. The molecule has 0 aromatic carbocycles. The van der Waals surface area contributed by atoms with Crippen molar-refractivity contribution in [3.8, 4) is 0 Å². The van der Waals surface area contributed by atoms with E-state index < -0.39 is 9.84 Å². The zero-order chi connectivity index (χ0) is 17.4. The molecule has 2 aliphatic heterocycles. The Bertz CT molecular complexity index is 766. The zero-order valence-corrected chi connectivity index (χ0v) is 16.0. The molecule has 1 aromatic heterocycles. The van der Waals surface area contributed by atoms with Crippen LogP contribution in [0.15, 0.2) is 0 Å². The van der Waals surface area contributed by atoms with Crippen molar-refractivity contribution in [2.75, 3.05) is 16.8 Å². The molecule has 1 aromatic rings. The van der Waals surface area contributed by atoms with Crippen LogP contribution < -0.4 is 5.32 Å². The number of sulfone groups is 1. The first-order valence-corrected chi connectivity index (χ1v) is 12.2. The van der Waals surface area contributed by atoms with Gasteiger partial charge in [-0.25, -0.2) is 13.1 Å². The van der Waals surface area contributed by atoms with Crippen LogP contribution in [0, 0.1) is 5.92 Å². The van der Waals surface area contributed by atoms with Gasteiger partial charge in [0.1, 0.15) is 5.82 Å². The van der Waals surface area contributed by atoms with Gasteiger partial charge in [0.15, 0.2) is 9.84 Å². The summed E-state index contributed by atoms with van der Waals surface area (Å²) in [5.41, 5.74) is 2.09. The molecule has 0 bridgehead atoms. The summed E-state index contributed by atoms with van der Waals surface area (Å²) in [6.45, 7) is 0. The maximum Gasteiger partial charge on any atom is 0.225 e. The first-order valence-electron chi connectivity index (χ1n) is 9.20. The van der Waals surface area contributed by atoms with E-state index in [2.05, 4.69) is 10.4 Å². The van der Waals surface area contributed by atoms with Crippen LogP contribution in [0.4, 0.5) is 5.82 Å². The van der Waals surface area contributed by atoms with Crippen LogP contribution in [-0.2, 0) is 26.1 Å². The molecule has 3 heterocycles. The fraction of sp³-hybridized carbons (Fsp3) is 0.765. The predicted molar refractivity (Wildman–Crippen MR) is 99.4 cm³/mol. The van der Waals surface area contributed by atoms with Gasteiger partial charge in [0.25, 0.3) is 0 Å². The van der Waals surface area contributed by atoms with Gasteiger partial charge < -0.3 is 5.32 Å². The summed E-state index contributed by atoms with van der Waals surface area (Å²) in [5, 5.41) is 7.72. The molecule has 1 unspecified atom stereocenters. The van der Waals surface area contributed by atoms with Gasteiger partial charge >= 0.3 is 0 Å². The molecule has 0 radical (unpaired) electrons. The minimum atomic E-state index is -2.98. The van der Waals surface area contributed by atoms with Crippen LogP contribution in [0.2, 0.25) is 0 Å². The van der Waals surface area contributed by atoms with Crippen molar-refractivity contribution in [3.63, 3.8) is 0 Å². The van der Waals surface area contributed by atoms with E-state index in [9.17, 15) is 13.2 Å². The quantitative estimate of drug-likeness (QED) is 0.845. The average Bonchev–Trinajstić information content (AvgIpc) is 3.31. The van der Waals surface area contributed by atoms with Gasteiger partial charge in [-0.05, 0) is 18.8 Å². The molecule has 2 fully saturated rings. The number of thioether (sulfide) groups is 1. The molecule has 1 amide bonds. The van der Waals surface area contributed by atoms with Gasteiger partial charge in [0.05, 0.1) is 23.2 Å². The number of hydrogen-bond donors (Lipinski definition) is 1. The number of amides is 1. The Balaban J connectivity index is 1.49. The highest BCUT2D eigenvalue weighted by molar-refractivity contribution is 7.98. The van der Waals surface area contributed by atoms with Crippen molar-refractivity contribution in [2.24, 2.45) is 5.92 Å². The lowest BCUT2D eigenvalue weighted by Crippen LogP contribution is -2.20. The molecule has 1 aliphatic carbocycles. The summed E-state index contributed by atoms with van der Waals surface area (Å²) in [4.78, 5) is 12.5. The number of carbonyl (C=O) groups excluding carboxylic acids is 1. The molecule has 4 rings (SSSR count). The zero-order valence-electron chi connectivity index (χ0n) is 14.4. The van der Waals surface area contributed by atoms with E-state index in [1.54, 1.807) is 16.4 Å². The number of nitrogens with zero attached hydrogens (tertiary/aromatic N) is 2. The Kier molecular flexibility index (Phi) is 4.83. The largest absolute Gasteiger partial charge is 0.311 e. The molecule has 1 N–H and O–H groups in total. The molecule has 1 saturated carbocycles. The van der Waals surface area contributed by atoms with Crippen molar-refractivity contribution in [2.45, 2.75) is 62.5 Å². The Morgan fingerprint density at radius 1 is 1.24 bits per heavy atom. The molecule has 1 saturated heterocycles. The number of anilines is 1. The Hall–Kier alpha value is -1.02. The maximum atomic E-state index is 12.5. The average molecular weight is 384 g/mol. The predicted octanol–water partition coefficient (Wildman–Crippen LogP) is 2.90. The summed E-state index contributed by atoms with van der Waals surface area (Å²) in [6, 6.07) is -0.147. The SMILES string of the molecule is O=C(CCC1CCCC1)Nc1c2c(nn1C1CCS(=O)(=O)C1)CSC2. The lowest BCUT2D eigenvalue weighted by Gasteiger charge is -2.16. The molecule has 6 nitrogen and oxygen atoms in total. The van der Waals surface area contributed by atoms with Crippen LogP contribution in [-0.4, -0.2) is 35.6 Å². The molecule has 138 valence electrons. The Labute approximate surface area is 153 Å². The van der Waals surface area contributed by atoms with Crippen molar-refractivity contribution >= 4 is 33.3 Å². The third-order valence-electron chi connectivity index (χ3n) is 5.64. The lowest BCUT2D eigenvalue weighted by molar-refractivity contribution is -0.116. The normalized spacial score (nSPS) is 25.4. The Morgan fingerprint density at radius 3 is 2.76 bits per heavy atom. The first-order chi connectivity index (χ1) is 12.0. The van der Waals surface area contributed by atoms with Gasteiger partial charge in [0.2, 0.25) is 5.91 Å². The maximum absolute atomic E-state index is 12.5. The summed E-state index contributed by atoms with van der Waals surface area (Å²) >= 11 is 1.79. The van der Waals surface area contributed by atoms with E-state index in [-0.39, 0.29) is 23.5 Å². The summed E-state index contributed by atoms with van der Waals surface area (Å²) in [6.07, 6.45) is 7.16. The molecular formula is C17H25N3O3S2. The van der Waals surface area contributed by atoms with Gasteiger partial charge in [-0.3, -0.25) is 4.79 Å². The van der Waals surface area contributed by atoms with Crippen molar-refractivity contribution in [3.05, 3.63) is 11.3 Å². The number of nitrogens with one attached hydrogen (secondary N) is 1. The summed E-state index contributed by atoms with van der Waals surface area (Å²) < 4.78 is 25.5. The van der Waals surface area contributed by atoms with Crippen LogP contribution in [0.1, 0.15) is 62.2 Å². The number of aromatic nitrogens is 2. The highest BCUT2D eigenvalue weighted by Gasteiger charge is 2.34. The van der Waals surface area contributed by atoms with E-state index in [0.29, 0.717) is 18.8 Å². The monoisotopic (exact) mass is 383 g/mol. The smallest absolute Gasteiger partial charge is 0.225 e. The van der Waals surface area contributed by atoms with E-state index in [1.165, 1.54) is 25.7 Å². The second kappa shape index (κ2) is 6.95. The molecule has 3 aliphatic rings. The fourth-order valence-corrected chi connectivity index (χ4v) is 6.95. The standard InChI is InChI=1S/C17H25N3O3S2/c21-16(6-5-12-3-1-2-4-12)18-17-14-9-24-10-15(14)19-20(17)13-7-8-25(22,23)11-13/h12-13H,1-11H2,(H,18,21). The minimum Gasteiger partial charge on any atom is -0.311 e. The first kappa shape index (κ1) is 17.4. The second-order valence-corrected chi connectivity index (χ2v) is 10.7. The highest BCUT2D eigenvalue weighted by Crippen LogP contribution is 2.38. The van der Waals surface area contributed by atoms with Gasteiger partial charge in [0, 0.05) is 23.5 Å². The molecular weight excluding hydrogens is 358 g/mol. The second-order valence-electron chi connectivity index (χ2n) is 7.51. The summed E-state index contributed by atoms with van der Waals surface area (Å²) in [7, 11) is -2.98. The lowest BCUT2D eigenvalue weighted by atomic mass is 10.0. The van der Waals surface area contributed by atoms with Crippen LogP contribution in [0.3, 0.4) is 0 Å². The van der Waals surface area contributed by atoms with Gasteiger partial charge in [-0.15, -0.1) is 0 Å². The highest BCUT2D eigenvalue weighted by atomic mass is 32.2. The number of carbonyl (C=O) groups is 1. The molecule has 1 atom stereocenters. The van der Waals surface area contributed by atoms with E-state index in [0.717, 1.165) is 35.0 Å². The van der Waals surface area contributed by atoms with E-state index in [1.807, 2.05) is 0 Å². The van der Waals surface area contributed by atoms with Crippen molar-refractivity contribution in [1.82, 2.24) is 9.78 Å². The van der Waals surface area contributed by atoms with Crippen LogP contribution in [0.25, 0.3) is 0 Å². The third-order valence-corrected chi connectivity index (χ3v) is 8.36. The van der Waals surface area contributed by atoms with Crippen LogP contribution >= 0.6 is 11.8 Å². The number of rotatable bonds is 5. The third kappa shape index (κ3) is 3.74. The summed E-state index contributed by atoms with van der Waals surface area (Å²) in [5.74, 6) is 3.50. The molecule has 8 heteroatoms. The van der Waals surface area contributed by atoms with Crippen molar-refractivity contribution in [1.29, 1.82) is 0 Å².